The van der Waals surface area contributed by atoms with Crippen LogP contribution in [0.5, 0.6) is 0 Å². The van der Waals surface area contributed by atoms with E-state index in [1.807, 2.05) is 4.90 Å². The molecule has 0 radical (unpaired) electrons. The third kappa shape index (κ3) is 9.97. The van der Waals surface area contributed by atoms with Gasteiger partial charge in [0, 0.05) is 35.5 Å². The highest BCUT2D eigenvalue weighted by atomic mass is 16.7. The second-order valence-electron chi connectivity index (χ2n) is 9.97. The zero-order valence-electron chi connectivity index (χ0n) is 23.6. The van der Waals surface area contributed by atoms with E-state index in [1.165, 1.54) is 12.1 Å². The molecule has 3 rings (SSSR count). The predicted molar refractivity (Wildman–Crippen MR) is 150 cm³/mol. The topological polar surface area (TPSA) is 259 Å². The molecule has 43 heavy (non-hydrogen) atoms. The Balaban J connectivity index is 1.48. The summed E-state index contributed by atoms with van der Waals surface area (Å²) in [4.78, 5) is 17.6. The zero-order valence-corrected chi connectivity index (χ0v) is 23.6. The summed E-state index contributed by atoms with van der Waals surface area (Å²) in [5, 5.41) is 77.0. The van der Waals surface area contributed by atoms with Crippen molar-refractivity contribution in [2.45, 2.75) is 56.4 Å². The van der Waals surface area contributed by atoms with Gasteiger partial charge in [-0.1, -0.05) is 30.1 Å². The van der Waals surface area contributed by atoms with E-state index in [1.54, 1.807) is 12.1 Å². The van der Waals surface area contributed by atoms with Gasteiger partial charge in [-0.2, -0.15) is 0 Å². The smallest absolute Gasteiger partial charge is 0.461 e. The molecule has 1 aliphatic rings. The molecular weight excluding hydrogens is 570 g/mol. The maximum Gasteiger partial charge on any atom is 0.461 e. The molecule has 0 saturated carbocycles. The number of unbranched alkanes of at least 4 members (excludes halogenated alkanes) is 3. The first kappa shape index (κ1) is 33.9. The molecule has 1 aliphatic heterocycles. The van der Waals surface area contributed by atoms with Crippen LogP contribution in [-0.2, 0) is 14.3 Å². The average molecular weight is 610 g/mol. The summed E-state index contributed by atoms with van der Waals surface area (Å²) in [5.74, 6) is -0.513. The molecule has 18 heteroatoms. The van der Waals surface area contributed by atoms with Gasteiger partial charge in [0.15, 0.2) is 11.8 Å². The third-order valence-corrected chi connectivity index (χ3v) is 6.89. The summed E-state index contributed by atoms with van der Waals surface area (Å²) in [7, 11) is 0. The number of nitrogens with zero attached hydrogens (tertiary/aromatic N) is 7. The fraction of sp³-hybridized carbons (Fsp3) is 0.680. The number of azide groups is 1. The minimum Gasteiger partial charge on any atom is -0.739 e. The maximum absolute atomic E-state index is 12.7. The van der Waals surface area contributed by atoms with Crippen LogP contribution < -0.4 is 20.2 Å². The molecule has 18 nitrogen and oxygen atoms in total. The summed E-state index contributed by atoms with van der Waals surface area (Å²) in [6.45, 7) is 0.866. The Morgan fingerprint density at radius 2 is 1.86 bits per heavy atom. The van der Waals surface area contributed by atoms with Crippen LogP contribution in [-0.4, -0.2) is 120 Å². The van der Waals surface area contributed by atoms with Gasteiger partial charge in [-0.05, 0) is 31.0 Å². The number of para-hydroxylation sites is 2. The van der Waals surface area contributed by atoms with Crippen LogP contribution >= 0.6 is 0 Å². The Morgan fingerprint density at radius 3 is 2.60 bits per heavy atom. The molecule has 1 fully saturated rings. The number of aliphatic hydroxyl groups excluding tert-OH is 4. The fourth-order valence-electron chi connectivity index (χ4n) is 4.59. The quantitative estimate of drug-likeness (QED) is 0.0268. The van der Waals surface area contributed by atoms with Crippen LogP contribution in [0.25, 0.3) is 21.5 Å². The number of fused-ring (bicyclic) bond motifs is 1. The largest absolute Gasteiger partial charge is 0.739 e. The van der Waals surface area contributed by atoms with Gasteiger partial charge in [-0.15, -0.1) is 0 Å². The van der Waals surface area contributed by atoms with Crippen molar-refractivity contribution >= 4 is 22.9 Å². The molecule has 5 atom stereocenters. The molecule has 1 amide bonds. The van der Waals surface area contributed by atoms with E-state index in [2.05, 4.69) is 25.8 Å². The molecule has 1 saturated heterocycles. The zero-order chi connectivity index (χ0) is 31.2. The molecule has 2 unspecified atom stereocenters. The number of rotatable bonds is 18. The number of carbonyl (C=O) groups is 1. The monoisotopic (exact) mass is 609 g/mol. The number of amides is 1. The van der Waals surface area contributed by atoms with Crippen molar-refractivity contribution in [1.82, 2.24) is 15.3 Å². The van der Waals surface area contributed by atoms with Gasteiger partial charge in [-0.3, -0.25) is 15.0 Å². The van der Waals surface area contributed by atoms with Crippen LogP contribution in [0.15, 0.2) is 29.4 Å². The Morgan fingerprint density at radius 1 is 1.12 bits per heavy atom. The number of anilines is 1. The third-order valence-electron chi connectivity index (χ3n) is 6.89. The van der Waals surface area contributed by atoms with E-state index < -0.39 is 37.3 Å². The van der Waals surface area contributed by atoms with Gasteiger partial charge >= 0.3 is 5.95 Å². The lowest BCUT2D eigenvalue weighted by atomic mass is 9.99. The normalized spacial score (nSPS) is 21.9. The van der Waals surface area contributed by atoms with E-state index >= 15 is 0 Å². The van der Waals surface area contributed by atoms with Crippen molar-refractivity contribution in [1.29, 1.82) is 0 Å². The Kier molecular flexibility index (Phi) is 13.8. The van der Waals surface area contributed by atoms with Crippen molar-refractivity contribution < 1.29 is 44.3 Å². The standard InChI is InChI=1S/C25H39N9O9/c26-31-29-9-5-1-2-6-12-32(13-14-42-23-22(38)21(37)19(16-35)43-24(23)39)15-20(36)27-10-11-28-25-30-34(41)18-8-4-3-7-17(18)33(25)40/h3-4,7-8,19,21-24,35,37-39H,1-2,5-6,9-16H2,(H,27,36)(H,28,30)/t19?,21-,22+,23?,24-/m1/s1. The van der Waals surface area contributed by atoms with Gasteiger partial charge in [0.25, 0.3) is 5.52 Å². The molecule has 0 aliphatic carbocycles. The maximum atomic E-state index is 12.7. The van der Waals surface area contributed by atoms with Gasteiger partial charge < -0.3 is 45.6 Å². The lowest BCUT2D eigenvalue weighted by molar-refractivity contribution is -0.672. The number of aliphatic hydroxyl groups is 4. The minimum atomic E-state index is -1.56. The number of aromatic nitrogens is 3. The summed E-state index contributed by atoms with van der Waals surface area (Å²) >= 11 is 0. The lowest BCUT2D eigenvalue weighted by Crippen LogP contribution is -2.59. The highest BCUT2D eigenvalue weighted by Gasteiger charge is 2.44. The Hall–Kier alpha value is -3.61. The first-order valence-corrected chi connectivity index (χ1v) is 14.0. The number of benzene rings is 1. The van der Waals surface area contributed by atoms with Gasteiger partial charge in [-0.25, -0.2) is 4.73 Å². The van der Waals surface area contributed by atoms with Gasteiger partial charge in [0.05, 0.1) is 26.3 Å². The van der Waals surface area contributed by atoms with E-state index in [0.717, 1.165) is 25.7 Å². The SMILES string of the molecule is [N-]=[N+]=NCCCCCCN(CCOC1[C@H](O)OC(CO)[C@@H](O)[C@@H]1O)CC(=O)NCCNc1n[n+]([O-])c2ccccc2[n+]1[O-]. The minimum absolute atomic E-state index is 0.0000882. The molecule has 2 heterocycles. The van der Waals surface area contributed by atoms with E-state index in [0.29, 0.717) is 22.7 Å². The summed E-state index contributed by atoms with van der Waals surface area (Å²) < 4.78 is 11.2. The molecule has 0 spiro atoms. The molecule has 1 aromatic heterocycles. The van der Waals surface area contributed by atoms with Gasteiger partial charge in [0.2, 0.25) is 11.0 Å². The van der Waals surface area contributed by atoms with E-state index in [4.69, 9.17) is 15.0 Å². The Bertz CT molecular complexity index is 1220. The number of hydrogen-bond acceptors (Lipinski definition) is 13. The first-order valence-electron chi connectivity index (χ1n) is 14.0. The summed E-state index contributed by atoms with van der Waals surface area (Å²) in [6, 6.07) is 6.24. The van der Waals surface area contributed by atoms with Gasteiger partial charge in [0.1, 0.15) is 24.4 Å². The molecule has 6 N–H and O–H groups in total. The second-order valence-corrected chi connectivity index (χ2v) is 9.97. The molecular formula is C25H39N9O9. The molecule has 238 valence electrons. The van der Waals surface area contributed by atoms with E-state index in [-0.39, 0.29) is 55.7 Å². The summed E-state index contributed by atoms with van der Waals surface area (Å²) in [6.07, 6.45) is -3.72. The Labute approximate surface area is 247 Å². The number of hydrogen-bond donors (Lipinski definition) is 6. The van der Waals surface area contributed by atoms with Crippen LogP contribution in [0.4, 0.5) is 5.95 Å². The highest BCUT2D eigenvalue weighted by Crippen LogP contribution is 2.22. The van der Waals surface area contributed by atoms with Crippen LogP contribution in [0.1, 0.15) is 25.7 Å². The van der Waals surface area contributed by atoms with Crippen molar-refractivity contribution in [2.24, 2.45) is 5.11 Å². The average Bonchev–Trinajstić information content (AvgIpc) is 3.00. The van der Waals surface area contributed by atoms with E-state index in [9.17, 15) is 35.6 Å². The van der Waals surface area contributed by atoms with Crippen LogP contribution in [0, 0.1) is 10.4 Å². The second kappa shape index (κ2) is 17.5. The fourth-order valence-corrected chi connectivity index (χ4v) is 4.59. The number of nitrogens with one attached hydrogen (secondary N) is 2. The lowest BCUT2D eigenvalue weighted by Gasteiger charge is -2.40. The van der Waals surface area contributed by atoms with Crippen molar-refractivity contribution in [3.8, 4) is 0 Å². The van der Waals surface area contributed by atoms with Crippen molar-refractivity contribution in [2.75, 3.05) is 57.8 Å². The van der Waals surface area contributed by atoms with Crippen molar-refractivity contribution in [3.63, 3.8) is 0 Å². The number of carbonyl (C=O) groups excluding carboxylic acids is 1. The highest BCUT2D eigenvalue weighted by molar-refractivity contribution is 5.78. The summed E-state index contributed by atoms with van der Waals surface area (Å²) in [5.41, 5.74) is 8.65. The van der Waals surface area contributed by atoms with Crippen molar-refractivity contribution in [3.05, 3.63) is 45.1 Å². The molecule has 2 aromatic rings. The molecule has 0 bridgehead atoms. The predicted octanol–water partition coefficient (Wildman–Crippen LogP) is -1.98. The molecule has 1 aromatic carbocycles. The first-order chi connectivity index (χ1) is 20.8. The number of ether oxygens (including phenoxy) is 2. The van der Waals surface area contributed by atoms with Crippen LogP contribution in [0.2, 0.25) is 0 Å². The van der Waals surface area contributed by atoms with Crippen LogP contribution in [0.3, 0.4) is 0 Å².